The van der Waals surface area contributed by atoms with Gasteiger partial charge in [-0.05, 0) is 49.7 Å². The summed E-state index contributed by atoms with van der Waals surface area (Å²) in [7, 11) is 0. The van der Waals surface area contributed by atoms with Gasteiger partial charge in [0.15, 0.2) is 0 Å². The predicted molar refractivity (Wildman–Crippen MR) is 82.9 cm³/mol. The van der Waals surface area contributed by atoms with Crippen LogP contribution < -0.4 is 5.32 Å². The Morgan fingerprint density at radius 2 is 1.76 bits per heavy atom. The van der Waals surface area contributed by atoms with E-state index in [1.807, 2.05) is 6.07 Å². The van der Waals surface area contributed by atoms with Crippen molar-refractivity contribution < 1.29 is 8.78 Å². The molecule has 0 fully saturated rings. The quantitative estimate of drug-likeness (QED) is 0.798. The van der Waals surface area contributed by atoms with Crippen molar-refractivity contribution in [2.24, 2.45) is 0 Å². The van der Waals surface area contributed by atoms with Crippen molar-refractivity contribution >= 4 is 23.2 Å². The van der Waals surface area contributed by atoms with Crippen LogP contribution in [0.15, 0.2) is 36.4 Å². The highest BCUT2D eigenvalue weighted by atomic mass is 35.5. The predicted octanol–water partition coefficient (Wildman–Crippen LogP) is 5.16. The zero-order valence-electron chi connectivity index (χ0n) is 11.5. The van der Waals surface area contributed by atoms with E-state index in [0.29, 0.717) is 23.0 Å². The van der Waals surface area contributed by atoms with Gasteiger partial charge in [0.25, 0.3) is 0 Å². The van der Waals surface area contributed by atoms with Gasteiger partial charge in [-0.15, -0.1) is 0 Å². The SMILES string of the molecule is CC(NCCc1ccc(Cl)cc1Cl)c1c(F)cccc1F. The van der Waals surface area contributed by atoms with E-state index in [0.717, 1.165) is 5.56 Å². The molecule has 0 saturated carbocycles. The van der Waals surface area contributed by atoms with Crippen LogP contribution in [0.25, 0.3) is 0 Å². The van der Waals surface area contributed by atoms with Crippen molar-refractivity contribution in [3.05, 3.63) is 69.2 Å². The second-order valence-electron chi connectivity index (χ2n) is 4.80. The average molecular weight is 330 g/mol. The molecule has 112 valence electrons. The molecule has 0 amide bonds. The van der Waals surface area contributed by atoms with Crippen molar-refractivity contribution in [3.63, 3.8) is 0 Å². The van der Waals surface area contributed by atoms with E-state index in [4.69, 9.17) is 23.2 Å². The van der Waals surface area contributed by atoms with E-state index >= 15 is 0 Å². The molecular formula is C16H15Cl2F2N. The van der Waals surface area contributed by atoms with E-state index in [-0.39, 0.29) is 5.56 Å². The molecule has 5 heteroatoms. The fraction of sp³-hybridized carbons (Fsp3) is 0.250. The van der Waals surface area contributed by atoms with Crippen LogP contribution in [0.5, 0.6) is 0 Å². The van der Waals surface area contributed by atoms with Crippen LogP contribution in [0.2, 0.25) is 10.0 Å². The molecule has 2 aromatic carbocycles. The second-order valence-corrected chi connectivity index (χ2v) is 5.64. The minimum absolute atomic E-state index is 0.0553. The van der Waals surface area contributed by atoms with Crippen molar-refractivity contribution in [2.75, 3.05) is 6.54 Å². The highest BCUT2D eigenvalue weighted by Crippen LogP contribution is 2.22. The van der Waals surface area contributed by atoms with E-state index < -0.39 is 17.7 Å². The van der Waals surface area contributed by atoms with Crippen LogP contribution in [0.1, 0.15) is 24.1 Å². The summed E-state index contributed by atoms with van der Waals surface area (Å²) in [5.74, 6) is -1.08. The average Bonchev–Trinajstić information content (AvgIpc) is 2.41. The molecule has 0 heterocycles. The molecule has 0 saturated heterocycles. The van der Waals surface area contributed by atoms with Crippen molar-refractivity contribution in [1.82, 2.24) is 5.32 Å². The largest absolute Gasteiger partial charge is 0.310 e. The van der Waals surface area contributed by atoms with Gasteiger partial charge in [-0.25, -0.2) is 8.78 Å². The van der Waals surface area contributed by atoms with Crippen LogP contribution in [-0.4, -0.2) is 6.54 Å². The fourth-order valence-corrected chi connectivity index (χ4v) is 2.68. The van der Waals surface area contributed by atoms with Gasteiger partial charge in [-0.3, -0.25) is 0 Å². The summed E-state index contributed by atoms with van der Waals surface area (Å²) in [6.45, 7) is 2.28. The monoisotopic (exact) mass is 329 g/mol. The molecule has 1 nitrogen and oxygen atoms in total. The molecule has 0 aromatic heterocycles. The molecule has 1 unspecified atom stereocenters. The third-order valence-corrected chi connectivity index (χ3v) is 3.88. The molecule has 0 bridgehead atoms. The first-order valence-corrected chi connectivity index (χ1v) is 7.36. The Balaban J connectivity index is 1.97. The third kappa shape index (κ3) is 4.16. The molecule has 0 aliphatic carbocycles. The van der Waals surface area contributed by atoms with Gasteiger partial charge in [0.05, 0.1) is 0 Å². The maximum absolute atomic E-state index is 13.6. The van der Waals surface area contributed by atoms with Gasteiger partial charge < -0.3 is 5.32 Å². The molecule has 1 N–H and O–H groups in total. The minimum atomic E-state index is -0.542. The van der Waals surface area contributed by atoms with Gasteiger partial charge in [0.1, 0.15) is 11.6 Å². The lowest BCUT2D eigenvalue weighted by atomic mass is 10.1. The van der Waals surface area contributed by atoms with Crippen molar-refractivity contribution in [2.45, 2.75) is 19.4 Å². The first kappa shape index (κ1) is 16.2. The lowest BCUT2D eigenvalue weighted by Gasteiger charge is -2.16. The van der Waals surface area contributed by atoms with Crippen LogP contribution >= 0.6 is 23.2 Å². The van der Waals surface area contributed by atoms with Crippen LogP contribution in [0, 0.1) is 11.6 Å². The van der Waals surface area contributed by atoms with E-state index in [1.165, 1.54) is 18.2 Å². The molecule has 2 aromatic rings. The normalized spacial score (nSPS) is 12.4. The Bertz CT molecular complexity index is 611. The lowest BCUT2D eigenvalue weighted by molar-refractivity contribution is 0.490. The standard InChI is InChI=1S/C16H15Cl2F2N/c1-10(16-14(19)3-2-4-15(16)20)21-8-7-11-5-6-12(17)9-13(11)18/h2-6,9-10,21H,7-8H2,1H3. The molecule has 0 aliphatic heterocycles. The van der Waals surface area contributed by atoms with E-state index in [2.05, 4.69) is 5.32 Å². The summed E-state index contributed by atoms with van der Waals surface area (Å²) in [6.07, 6.45) is 0.649. The van der Waals surface area contributed by atoms with E-state index in [9.17, 15) is 8.78 Å². The topological polar surface area (TPSA) is 12.0 Å². The van der Waals surface area contributed by atoms with E-state index in [1.54, 1.807) is 19.1 Å². The van der Waals surface area contributed by atoms with Gasteiger partial charge >= 0.3 is 0 Å². The van der Waals surface area contributed by atoms with Gasteiger partial charge in [0, 0.05) is 21.7 Å². The highest BCUT2D eigenvalue weighted by molar-refractivity contribution is 6.35. The fourth-order valence-electron chi connectivity index (χ4n) is 2.17. The molecule has 0 spiro atoms. The summed E-state index contributed by atoms with van der Waals surface area (Å²) >= 11 is 11.9. The smallest absolute Gasteiger partial charge is 0.130 e. The summed E-state index contributed by atoms with van der Waals surface area (Å²) in [5.41, 5.74) is 0.995. The van der Waals surface area contributed by atoms with Gasteiger partial charge in [-0.1, -0.05) is 35.3 Å². The summed E-state index contributed by atoms with van der Waals surface area (Å²) < 4.78 is 27.3. The summed E-state index contributed by atoms with van der Waals surface area (Å²) in [6, 6.07) is 8.74. The summed E-state index contributed by atoms with van der Waals surface area (Å²) in [5, 5.41) is 4.27. The van der Waals surface area contributed by atoms with Crippen molar-refractivity contribution in [1.29, 1.82) is 0 Å². The third-order valence-electron chi connectivity index (χ3n) is 3.29. The molecular weight excluding hydrogens is 315 g/mol. The van der Waals surface area contributed by atoms with Crippen molar-refractivity contribution in [3.8, 4) is 0 Å². The molecule has 0 aliphatic rings. The first-order chi connectivity index (χ1) is 9.99. The molecule has 1 atom stereocenters. The number of hydrogen-bond donors (Lipinski definition) is 1. The Kier molecular flexibility index (Phi) is 5.57. The minimum Gasteiger partial charge on any atom is -0.310 e. The van der Waals surface area contributed by atoms with Crippen LogP contribution in [-0.2, 0) is 6.42 Å². The molecule has 2 rings (SSSR count). The van der Waals surface area contributed by atoms with Gasteiger partial charge in [-0.2, -0.15) is 0 Å². The Morgan fingerprint density at radius 3 is 2.38 bits per heavy atom. The zero-order valence-corrected chi connectivity index (χ0v) is 13.0. The van der Waals surface area contributed by atoms with Gasteiger partial charge in [0.2, 0.25) is 0 Å². The number of rotatable bonds is 5. The maximum Gasteiger partial charge on any atom is 0.130 e. The summed E-state index contributed by atoms with van der Waals surface area (Å²) in [4.78, 5) is 0. The number of benzene rings is 2. The Hall–Kier alpha value is -1.16. The number of hydrogen-bond acceptors (Lipinski definition) is 1. The maximum atomic E-state index is 13.6. The van der Waals surface area contributed by atoms with Crippen LogP contribution in [0.4, 0.5) is 8.78 Å². The first-order valence-electron chi connectivity index (χ1n) is 6.60. The molecule has 0 radical (unpaired) electrons. The zero-order chi connectivity index (χ0) is 15.4. The van der Waals surface area contributed by atoms with Crippen LogP contribution in [0.3, 0.4) is 0 Å². The highest BCUT2D eigenvalue weighted by Gasteiger charge is 2.15. The number of halogens is 4. The Morgan fingerprint density at radius 1 is 1.10 bits per heavy atom. The second kappa shape index (κ2) is 7.21. The molecule has 21 heavy (non-hydrogen) atoms. The lowest BCUT2D eigenvalue weighted by Crippen LogP contribution is -2.23. The Labute approximate surface area is 132 Å². The number of nitrogens with one attached hydrogen (secondary N) is 1.